The van der Waals surface area contributed by atoms with Gasteiger partial charge >= 0.3 is 0 Å². The van der Waals surface area contributed by atoms with Crippen LogP contribution in [-0.2, 0) is 11.3 Å². The summed E-state index contributed by atoms with van der Waals surface area (Å²) in [5.74, 6) is 0.516. The third kappa shape index (κ3) is 4.37. The van der Waals surface area contributed by atoms with Crippen LogP contribution in [0.4, 0.5) is 5.69 Å². The van der Waals surface area contributed by atoms with Gasteiger partial charge in [-0.1, -0.05) is 39.8 Å². The quantitative estimate of drug-likeness (QED) is 0.453. The Hall–Kier alpha value is -2.65. The Labute approximate surface area is 167 Å². The first-order valence-corrected chi connectivity index (χ1v) is 9.86. The van der Waals surface area contributed by atoms with Crippen LogP contribution in [0.1, 0.15) is 5.89 Å². The highest BCUT2D eigenvalue weighted by Gasteiger charge is 2.11. The fourth-order valence-electron chi connectivity index (χ4n) is 2.50. The lowest BCUT2D eigenvalue weighted by Gasteiger charge is -2.03. The maximum atomic E-state index is 12.0. The molecule has 27 heavy (non-hydrogen) atoms. The van der Waals surface area contributed by atoms with Crippen molar-refractivity contribution in [2.45, 2.75) is 11.8 Å². The predicted octanol–water partition coefficient (Wildman–Crippen LogP) is 3.96. The predicted molar refractivity (Wildman–Crippen MR) is 107 cm³/mol. The van der Waals surface area contributed by atoms with Crippen molar-refractivity contribution in [3.63, 3.8) is 0 Å². The summed E-state index contributed by atoms with van der Waals surface area (Å²) in [5, 5.41) is 11.2. The van der Waals surface area contributed by atoms with E-state index in [2.05, 4.69) is 36.4 Å². The van der Waals surface area contributed by atoms with Crippen molar-refractivity contribution in [1.82, 2.24) is 19.7 Å². The zero-order chi connectivity index (χ0) is 18.6. The molecule has 0 fully saturated rings. The van der Waals surface area contributed by atoms with Gasteiger partial charge in [-0.25, -0.2) is 4.98 Å². The van der Waals surface area contributed by atoms with Gasteiger partial charge in [0.05, 0.1) is 23.1 Å². The van der Waals surface area contributed by atoms with Crippen LogP contribution in [0, 0.1) is 0 Å². The Bertz CT molecular complexity index is 1080. The minimum atomic E-state index is -0.136. The Morgan fingerprint density at radius 1 is 1.15 bits per heavy atom. The van der Waals surface area contributed by atoms with Crippen molar-refractivity contribution in [1.29, 1.82) is 0 Å². The summed E-state index contributed by atoms with van der Waals surface area (Å²) in [6.07, 6.45) is 1.74. The van der Waals surface area contributed by atoms with Crippen LogP contribution in [0.15, 0.2) is 69.0 Å². The number of anilines is 1. The Balaban J connectivity index is 1.34. The molecule has 0 atom stereocenters. The van der Waals surface area contributed by atoms with E-state index >= 15 is 0 Å². The second-order valence-corrected chi connectivity index (χ2v) is 7.51. The van der Waals surface area contributed by atoms with E-state index in [0.717, 1.165) is 21.2 Å². The number of carbonyl (C=O) groups is 1. The first kappa shape index (κ1) is 17.7. The van der Waals surface area contributed by atoms with Gasteiger partial charge in [-0.2, -0.15) is 0 Å². The van der Waals surface area contributed by atoms with Crippen LogP contribution in [0.25, 0.3) is 11.0 Å². The molecule has 0 bridgehead atoms. The van der Waals surface area contributed by atoms with Crippen molar-refractivity contribution in [2.75, 3.05) is 11.1 Å². The van der Waals surface area contributed by atoms with E-state index in [-0.39, 0.29) is 11.7 Å². The Kier molecular flexibility index (Phi) is 5.21. The van der Waals surface area contributed by atoms with E-state index in [1.165, 1.54) is 11.8 Å². The molecule has 0 aliphatic heterocycles. The first-order chi connectivity index (χ1) is 13.2. The van der Waals surface area contributed by atoms with Crippen LogP contribution in [0.2, 0.25) is 0 Å². The number of benzene rings is 2. The van der Waals surface area contributed by atoms with Crippen LogP contribution in [0.3, 0.4) is 0 Å². The SMILES string of the molecule is O=C(CSc1nnc(Cn2cnc3ccccc32)o1)Nc1ccc(Br)cc1. The normalized spacial score (nSPS) is 11.0. The van der Waals surface area contributed by atoms with Crippen molar-refractivity contribution in [2.24, 2.45) is 0 Å². The van der Waals surface area contributed by atoms with E-state index in [1.54, 1.807) is 6.33 Å². The van der Waals surface area contributed by atoms with Crippen molar-refractivity contribution in [3.8, 4) is 0 Å². The number of imidazole rings is 1. The van der Waals surface area contributed by atoms with E-state index in [1.807, 2.05) is 53.1 Å². The third-order valence-corrected chi connectivity index (χ3v) is 5.08. The van der Waals surface area contributed by atoms with E-state index in [0.29, 0.717) is 17.7 Å². The molecule has 2 aromatic carbocycles. The average molecular weight is 444 g/mol. The van der Waals surface area contributed by atoms with E-state index in [9.17, 15) is 4.79 Å². The molecule has 0 saturated carbocycles. The van der Waals surface area contributed by atoms with Gasteiger partial charge < -0.3 is 14.3 Å². The molecule has 2 aromatic heterocycles. The number of hydrogen-bond acceptors (Lipinski definition) is 6. The number of carbonyl (C=O) groups excluding carboxylic acids is 1. The molecular formula is C18H14BrN5O2S. The molecule has 1 amide bonds. The fourth-order valence-corrected chi connectivity index (χ4v) is 3.34. The summed E-state index contributed by atoms with van der Waals surface area (Å²) in [6.45, 7) is 0.430. The molecule has 9 heteroatoms. The van der Waals surface area contributed by atoms with Crippen molar-refractivity contribution in [3.05, 3.63) is 65.2 Å². The topological polar surface area (TPSA) is 85.8 Å². The number of halogens is 1. The molecule has 1 N–H and O–H groups in total. The lowest BCUT2D eigenvalue weighted by atomic mass is 10.3. The lowest BCUT2D eigenvalue weighted by molar-refractivity contribution is -0.113. The van der Waals surface area contributed by atoms with Gasteiger partial charge in [0.2, 0.25) is 11.8 Å². The first-order valence-electron chi connectivity index (χ1n) is 8.08. The standard InChI is InChI=1S/C18H14BrN5O2S/c19-12-5-7-13(8-6-12)21-16(25)10-27-18-23-22-17(26-18)9-24-11-20-14-3-1-2-4-15(14)24/h1-8,11H,9-10H2,(H,21,25). The summed E-state index contributed by atoms with van der Waals surface area (Å²) >= 11 is 4.56. The number of hydrogen-bond donors (Lipinski definition) is 1. The summed E-state index contributed by atoms with van der Waals surface area (Å²) in [7, 11) is 0. The molecule has 0 aliphatic rings. The van der Waals surface area contributed by atoms with Gasteiger partial charge in [0.1, 0.15) is 6.54 Å². The summed E-state index contributed by atoms with van der Waals surface area (Å²) in [6, 6.07) is 15.2. The number of nitrogens with zero attached hydrogens (tertiary/aromatic N) is 4. The van der Waals surface area contributed by atoms with Crippen molar-refractivity contribution < 1.29 is 9.21 Å². The van der Waals surface area contributed by atoms with Crippen LogP contribution in [0.5, 0.6) is 0 Å². The molecule has 0 spiro atoms. The Morgan fingerprint density at radius 2 is 1.96 bits per heavy atom. The minimum Gasteiger partial charge on any atom is -0.414 e. The van der Waals surface area contributed by atoms with Crippen LogP contribution >= 0.6 is 27.7 Å². The zero-order valence-electron chi connectivity index (χ0n) is 14.0. The fraction of sp³-hybridized carbons (Fsp3) is 0.111. The third-order valence-electron chi connectivity index (χ3n) is 3.74. The highest BCUT2D eigenvalue weighted by atomic mass is 79.9. The Morgan fingerprint density at radius 3 is 2.81 bits per heavy atom. The van der Waals surface area contributed by atoms with Gasteiger partial charge in [-0.3, -0.25) is 4.79 Å². The highest BCUT2D eigenvalue weighted by molar-refractivity contribution is 9.10. The molecule has 0 saturated heterocycles. The van der Waals surface area contributed by atoms with Gasteiger partial charge in [0.25, 0.3) is 5.22 Å². The number of amides is 1. The highest BCUT2D eigenvalue weighted by Crippen LogP contribution is 2.19. The second-order valence-electron chi connectivity index (χ2n) is 5.67. The lowest BCUT2D eigenvalue weighted by Crippen LogP contribution is -2.13. The number of nitrogens with one attached hydrogen (secondary N) is 1. The maximum Gasteiger partial charge on any atom is 0.277 e. The van der Waals surface area contributed by atoms with Gasteiger partial charge in [-0.15, -0.1) is 10.2 Å². The van der Waals surface area contributed by atoms with E-state index < -0.39 is 0 Å². The van der Waals surface area contributed by atoms with Gasteiger partial charge in [-0.05, 0) is 36.4 Å². The number of fused-ring (bicyclic) bond motifs is 1. The summed E-state index contributed by atoms with van der Waals surface area (Å²) < 4.78 is 8.53. The minimum absolute atomic E-state index is 0.136. The molecule has 4 rings (SSSR count). The maximum absolute atomic E-state index is 12.0. The molecule has 0 unspecified atom stereocenters. The molecule has 7 nitrogen and oxygen atoms in total. The van der Waals surface area contributed by atoms with Crippen LogP contribution < -0.4 is 5.32 Å². The molecule has 2 heterocycles. The number of rotatable bonds is 6. The molecule has 0 aliphatic carbocycles. The number of thioether (sulfide) groups is 1. The number of aromatic nitrogens is 4. The summed E-state index contributed by atoms with van der Waals surface area (Å²) in [4.78, 5) is 16.4. The second kappa shape index (κ2) is 7.93. The van der Waals surface area contributed by atoms with E-state index in [4.69, 9.17) is 4.42 Å². The summed E-state index contributed by atoms with van der Waals surface area (Å²) in [5.41, 5.74) is 2.65. The average Bonchev–Trinajstić information content (AvgIpc) is 3.30. The van der Waals surface area contributed by atoms with Gasteiger partial charge in [0.15, 0.2) is 0 Å². The molecular weight excluding hydrogens is 430 g/mol. The smallest absolute Gasteiger partial charge is 0.277 e. The monoisotopic (exact) mass is 443 g/mol. The molecule has 4 aromatic rings. The zero-order valence-corrected chi connectivity index (χ0v) is 16.4. The largest absolute Gasteiger partial charge is 0.414 e. The molecule has 136 valence electrons. The van der Waals surface area contributed by atoms with Gasteiger partial charge in [0, 0.05) is 10.2 Å². The molecule has 0 radical (unpaired) electrons. The van der Waals surface area contributed by atoms with Crippen LogP contribution in [-0.4, -0.2) is 31.4 Å². The number of para-hydroxylation sites is 2. The van der Waals surface area contributed by atoms with Crippen molar-refractivity contribution >= 4 is 50.3 Å².